The van der Waals surface area contributed by atoms with E-state index in [1.807, 2.05) is 6.07 Å². The second kappa shape index (κ2) is 5.24. The number of carbonyl (C=O) groups is 1. The predicted octanol–water partition coefficient (Wildman–Crippen LogP) is 1.04. The Labute approximate surface area is 104 Å². The average molecular weight is 253 g/mol. The molecule has 0 amide bonds. The second-order valence-electron chi connectivity index (χ2n) is 4.02. The van der Waals surface area contributed by atoms with Crippen LogP contribution in [0.5, 0.6) is 11.5 Å². The van der Waals surface area contributed by atoms with Crippen LogP contribution >= 0.6 is 0 Å². The van der Waals surface area contributed by atoms with E-state index in [1.165, 1.54) is 0 Å². The Morgan fingerprint density at radius 1 is 1.50 bits per heavy atom. The first-order valence-corrected chi connectivity index (χ1v) is 5.51. The highest BCUT2D eigenvalue weighted by Gasteiger charge is 2.25. The Bertz CT molecular complexity index is 460. The number of carboxylic acid groups (broad SMARTS) is 1. The molecule has 1 aromatic rings. The fraction of sp³-hybridized carbons (Fsp3) is 0.417. The monoisotopic (exact) mass is 253 g/mol. The van der Waals surface area contributed by atoms with E-state index in [9.17, 15) is 4.79 Å². The van der Waals surface area contributed by atoms with Crippen LogP contribution in [0, 0.1) is 0 Å². The Hall–Kier alpha value is -1.79. The molecule has 0 radical (unpaired) electrons. The van der Waals surface area contributed by atoms with Gasteiger partial charge in [0.15, 0.2) is 11.5 Å². The summed E-state index contributed by atoms with van der Waals surface area (Å²) < 4.78 is 15.8. The van der Waals surface area contributed by atoms with Crippen molar-refractivity contribution in [3.05, 3.63) is 23.3 Å². The van der Waals surface area contributed by atoms with E-state index >= 15 is 0 Å². The minimum Gasteiger partial charge on any atom is -0.481 e. The Kier molecular flexibility index (Phi) is 3.69. The third kappa shape index (κ3) is 2.39. The van der Waals surface area contributed by atoms with Crippen molar-refractivity contribution < 1.29 is 24.1 Å². The first kappa shape index (κ1) is 12.7. The number of nitrogens with two attached hydrogens (primary N) is 1. The topological polar surface area (TPSA) is 91.0 Å². The lowest BCUT2D eigenvalue weighted by atomic mass is 10.0. The Morgan fingerprint density at radius 3 is 2.89 bits per heavy atom. The van der Waals surface area contributed by atoms with E-state index in [1.54, 1.807) is 13.2 Å². The molecule has 1 aliphatic rings. The lowest BCUT2D eigenvalue weighted by Crippen LogP contribution is -2.15. The predicted molar refractivity (Wildman–Crippen MR) is 62.5 cm³/mol. The summed E-state index contributed by atoms with van der Waals surface area (Å²) >= 11 is 0. The molecule has 0 spiro atoms. The zero-order chi connectivity index (χ0) is 13.1. The number of rotatable bonds is 5. The van der Waals surface area contributed by atoms with E-state index in [4.69, 9.17) is 25.1 Å². The molecular weight excluding hydrogens is 238 g/mol. The van der Waals surface area contributed by atoms with Crippen LogP contribution in [0.1, 0.15) is 23.6 Å². The maximum Gasteiger partial charge on any atom is 0.305 e. The summed E-state index contributed by atoms with van der Waals surface area (Å²) in [5, 5.41) is 8.76. The molecular formula is C12H15NO5. The molecule has 2 rings (SSSR count). The first-order valence-electron chi connectivity index (χ1n) is 5.51. The lowest BCUT2D eigenvalue weighted by Gasteiger charge is -2.14. The van der Waals surface area contributed by atoms with Crippen molar-refractivity contribution in [3.8, 4) is 11.5 Å². The quantitative estimate of drug-likeness (QED) is 0.814. The normalized spacial score (nSPS) is 14.6. The van der Waals surface area contributed by atoms with Gasteiger partial charge in [0.2, 0.25) is 6.79 Å². The van der Waals surface area contributed by atoms with Gasteiger partial charge in [-0.2, -0.15) is 0 Å². The number of fused-ring (bicyclic) bond motifs is 1. The van der Waals surface area contributed by atoms with Gasteiger partial charge in [-0.15, -0.1) is 0 Å². The van der Waals surface area contributed by atoms with E-state index < -0.39 is 12.0 Å². The number of ether oxygens (including phenoxy) is 3. The highest BCUT2D eigenvalue weighted by Crippen LogP contribution is 2.41. The standard InChI is InChI=1S/C12H15NO5/c1-16-5-7-2-3-8(9(13)4-10(14)15)12-11(7)17-6-18-12/h2-3,9H,4-6,13H2,1H3,(H,14,15). The molecule has 1 aliphatic heterocycles. The van der Waals surface area contributed by atoms with Gasteiger partial charge in [0.05, 0.1) is 13.0 Å². The van der Waals surface area contributed by atoms with E-state index in [2.05, 4.69) is 0 Å². The molecule has 1 atom stereocenters. The lowest BCUT2D eigenvalue weighted by molar-refractivity contribution is -0.137. The fourth-order valence-corrected chi connectivity index (χ4v) is 1.93. The Morgan fingerprint density at radius 2 is 2.22 bits per heavy atom. The molecule has 0 bridgehead atoms. The number of carboxylic acids is 1. The number of hydrogen-bond donors (Lipinski definition) is 2. The summed E-state index contributed by atoms with van der Waals surface area (Å²) in [6.07, 6.45) is -0.153. The minimum atomic E-state index is -0.948. The molecule has 1 heterocycles. The summed E-state index contributed by atoms with van der Waals surface area (Å²) in [6.45, 7) is 0.517. The SMILES string of the molecule is COCc1ccc(C(N)CC(=O)O)c2c1OCO2. The van der Waals surface area contributed by atoms with Crippen LogP contribution in [0.15, 0.2) is 12.1 Å². The van der Waals surface area contributed by atoms with Crippen LogP contribution in [0.25, 0.3) is 0 Å². The van der Waals surface area contributed by atoms with Crippen LogP contribution in [0.4, 0.5) is 0 Å². The van der Waals surface area contributed by atoms with Gasteiger partial charge in [-0.1, -0.05) is 12.1 Å². The van der Waals surface area contributed by atoms with Crippen molar-refractivity contribution in [1.82, 2.24) is 0 Å². The van der Waals surface area contributed by atoms with Gasteiger partial charge in [0.25, 0.3) is 0 Å². The summed E-state index contributed by atoms with van der Waals surface area (Å²) in [6, 6.07) is 2.96. The van der Waals surface area contributed by atoms with Crippen LogP contribution < -0.4 is 15.2 Å². The molecule has 0 saturated carbocycles. The van der Waals surface area contributed by atoms with Gasteiger partial charge in [0.1, 0.15) is 0 Å². The van der Waals surface area contributed by atoms with Gasteiger partial charge in [-0.25, -0.2) is 0 Å². The molecule has 98 valence electrons. The largest absolute Gasteiger partial charge is 0.481 e. The average Bonchev–Trinajstić information content (AvgIpc) is 2.77. The van der Waals surface area contributed by atoms with Crippen molar-refractivity contribution >= 4 is 5.97 Å². The van der Waals surface area contributed by atoms with E-state index in [0.717, 1.165) is 5.56 Å². The maximum atomic E-state index is 10.7. The molecule has 6 nitrogen and oxygen atoms in total. The first-order chi connectivity index (χ1) is 8.63. The Balaban J connectivity index is 2.33. The molecule has 1 unspecified atom stereocenters. The smallest absolute Gasteiger partial charge is 0.305 e. The van der Waals surface area contributed by atoms with Crippen LogP contribution in [-0.4, -0.2) is 25.0 Å². The zero-order valence-electron chi connectivity index (χ0n) is 10.0. The van der Waals surface area contributed by atoms with Crippen molar-refractivity contribution in [1.29, 1.82) is 0 Å². The summed E-state index contributed by atoms with van der Waals surface area (Å²) in [5.74, 6) is 0.171. The highest BCUT2D eigenvalue weighted by atomic mass is 16.7. The highest BCUT2D eigenvalue weighted by molar-refractivity contribution is 5.68. The molecule has 0 aliphatic carbocycles. The maximum absolute atomic E-state index is 10.7. The zero-order valence-corrected chi connectivity index (χ0v) is 10.0. The summed E-state index contributed by atoms with van der Waals surface area (Å²) in [5.41, 5.74) is 7.35. The number of aliphatic carboxylic acids is 1. The van der Waals surface area contributed by atoms with Gasteiger partial charge in [-0.3, -0.25) is 4.79 Å². The fourth-order valence-electron chi connectivity index (χ4n) is 1.93. The van der Waals surface area contributed by atoms with Crippen molar-refractivity contribution in [2.24, 2.45) is 5.73 Å². The molecule has 6 heteroatoms. The molecule has 0 fully saturated rings. The number of benzene rings is 1. The van der Waals surface area contributed by atoms with Crippen molar-refractivity contribution in [2.75, 3.05) is 13.9 Å². The van der Waals surface area contributed by atoms with Crippen LogP contribution in [0.3, 0.4) is 0 Å². The molecule has 0 saturated heterocycles. The minimum absolute atomic E-state index is 0.114. The third-order valence-corrected chi connectivity index (χ3v) is 2.72. The third-order valence-electron chi connectivity index (χ3n) is 2.72. The van der Waals surface area contributed by atoms with E-state index in [0.29, 0.717) is 23.7 Å². The molecule has 3 N–H and O–H groups in total. The van der Waals surface area contributed by atoms with Gasteiger partial charge < -0.3 is 25.1 Å². The molecule has 1 aromatic carbocycles. The number of methoxy groups -OCH3 is 1. The summed E-state index contributed by atoms with van der Waals surface area (Å²) in [4.78, 5) is 10.7. The van der Waals surface area contributed by atoms with Gasteiger partial charge >= 0.3 is 5.97 Å². The van der Waals surface area contributed by atoms with Gasteiger partial charge in [-0.05, 0) is 0 Å². The molecule has 0 aromatic heterocycles. The second-order valence-corrected chi connectivity index (χ2v) is 4.02. The van der Waals surface area contributed by atoms with Crippen molar-refractivity contribution in [3.63, 3.8) is 0 Å². The van der Waals surface area contributed by atoms with Crippen LogP contribution in [0.2, 0.25) is 0 Å². The number of hydrogen-bond acceptors (Lipinski definition) is 5. The van der Waals surface area contributed by atoms with Crippen LogP contribution in [-0.2, 0) is 16.1 Å². The molecule has 18 heavy (non-hydrogen) atoms. The summed E-state index contributed by atoms with van der Waals surface area (Å²) in [7, 11) is 1.59. The van der Waals surface area contributed by atoms with E-state index in [-0.39, 0.29) is 13.2 Å². The van der Waals surface area contributed by atoms with Gasteiger partial charge in [0, 0.05) is 24.3 Å². The van der Waals surface area contributed by atoms with Crippen molar-refractivity contribution in [2.45, 2.75) is 19.1 Å².